The molecule has 0 amide bonds. The molecule has 0 unspecified atom stereocenters. The van der Waals surface area contributed by atoms with Gasteiger partial charge in [0, 0.05) is 38.3 Å². The minimum absolute atomic E-state index is 0.125. The third-order valence-corrected chi connectivity index (χ3v) is 5.81. The zero-order valence-electron chi connectivity index (χ0n) is 17.6. The molecule has 3 heterocycles. The summed E-state index contributed by atoms with van der Waals surface area (Å²) in [6.07, 6.45) is 1.31. The largest absolute Gasteiger partial charge is 0.379 e. The summed E-state index contributed by atoms with van der Waals surface area (Å²) in [5.74, 6) is -1.70. The van der Waals surface area contributed by atoms with Crippen molar-refractivity contribution in [3.8, 4) is 5.69 Å². The fraction of sp³-hybridized carbons (Fsp3) is 0.364. The van der Waals surface area contributed by atoms with E-state index in [1.165, 1.54) is 11.0 Å². The molecular weight excluding hydrogens is 421 g/mol. The lowest BCUT2D eigenvalue weighted by molar-refractivity contribution is 0.0104. The molecule has 0 bridgehead atoms. The van der Waals surface area contributed by atoms with Crippen LogP contribution in [0.25, 0.3) is 5.69 Å². The number of anilines is 3. The van der Waals surface area contributed by atoms with Crippen LogP contribution in [0.5, 0.6) is 0 Å². The number of nitrogens with one attached hydrogen (secondary N) is 1. The van der Waals surface area contributed by atoms with Crippen molar-refractivity contribution in [2.45, 2.75) is 13.0 Å². The number of halogens is 3. The van der Waals surface area contributed by atoms with Crippen LogP contribution in [0.3, 0.4) is 0 Å². The van der Waals surface area contributed by atoms with Crippen molar-refractivity contribution in [1.82, 2.24) is 19.7 Å². The number of ether oxygens (including phenoxy) is 1. The third-order valence-electron chi connectivity index (χ3n) is 5.81. The van der Waals surface area contributed by atoms with Crippen LogP contribution in [0.1, 0.15) is 5.56 Å². The quantitative estimate of drug-likeness (QED) is 0.652. The van der Waals surface area contributed by atoms with Gasteiger partial charge in [-0.25, -0.2) is 17.9 Å². The molecule has 0 spiro atoms. The van der Waals surface area contributed by atoms with Crippen LogP contribution in [0.15, 0.2) is 36.7 Å². The van der Waals surface area contributed by atoms with Crippen LogP contribution < -0.4 is 10.2 Å². The van der Waals surface area contributed by atoms with E-state index >= 15 is 4.39 Å². The number of aryl methyl sites for hydroxylation is 1. The van der Waals surface area contributed by atoms with Gasteiger partial charge in [-0.05, 0) is 36.8 Å². The lowest BCUT2D eigenvalue weighted by Gasteiger charge is -2.47. The third kappa shape index (κ3) is 4.15. The van der Waals surface area contributed by atoms with Crippen LogP contribution in [0.4, 0.5) is 30.5 Å². The molecule has 2 saturated heterocycles. The van der Waals surface area contributed by atoms with Gasteiger partial charge in [0.05, 0.1) is 30.3 Å². The van der Waals surface area contributed by atoms with E-state index in [9.17, 15) is 8.78 Å². The van der Waals surface area contributed by atoms with Gasteiger partial charge < -0.3 is 15.0 Å². The molecule has 2 fully saturated rings. The maximum Gasteiger partial charge on any atom is 0.247 e. The van der Waals surface area contributed by atoms with Crippen molar-refractivity contribution in [3.63, 3.8) is 0 Å². The van der Waals surface area contributed by atoms with Gasteiger partial charge in [0.1, 0.15) is 18.0 Å². The van der Waals surface area contributed by atoms with Gasteiger partial charge >= 0.3 is 0 Å². The minimum Gasteiger partial charge on any atom is -0.379 e. The van der Waals surface area contributed by atoms with Crippen molar-refractivity contribution in [2.24, 2.45) is 0 Å². The first-order chi connectivity index (χ1) is 15.5. The zero-order chi connectivity index (χ0) is 22.2. The smallest absolute Gasteiger partial charge is 0.247 e. The van der Waals surface area contributed by atoms with Crippen LogP contribution >= 0.6 is 0 Å². The van der Waals surface area contributed by atoms with Gasteiger partial charge in [-0.15, -0.1) is 5.10 Å². The molecule has 0 atom stereocenters. The van der Waals surface area contributed by atoms with Crippen molar-refractivity contribution in [3.05, 3.63) is 59.7 Å². The van der Waals surface area contributed by atoms with Gasteiger partial charge in [0.25, 0.3) is 0 Å². The zero-order valence-corrected chi connectivity index (χ0v) is 17.6. The van der Waals surface area contributed by atoms with E-state index in [2.05, 4.69) is 20.3 Å². The maximum atomic E-state index is 15.3. The Labute approximate surface area is 183 Å². The first-order valence-corrected chi connectivity index (χ1v) is 10.5. The van der Waals surface area contributed by atoms with E-state index in [4.69, 9.17) is 4.74 Å². The molecule has 3 aromatic rings. The second-order valence-electron chi connectivity index (χ2n) is 8.12. The van der Waals surface area contributed by atoms with Crippen LogP contribution in [0, 0.1) is 24.4 Å². The molecule has 1 aromatic heterocycles. The molecule has 2 aliphatic rings. The second-order valence-corrected chi connectivity index (χ2v) is 8.12. The van der Waals surface area contributed by atoms with Gasteiger partial charge in [0.15, 0.2) is 5.82 Å². The highest BCUT2D eigenvalue weighted by Crippen LogP contribution is 2.33. The normalized spacial score (nSPS) is 17.4. The first-order valence-electron chi connectivity index (χ1n) is 10.5. The van der Waals surface area contributed by atoms with Crippen molar-refractivity contribution < 1.29 is 17.9 Å². The highest BCUT2D eigenvalue weighted by atomic mass is 19.1. The molecule has 0 radical (unpaired) electrons. The molecule has 168 valence electrons. The number of hydrogen-bond donors (Lipinski definition) is 1. The van der Waals surface area contributed by atoms with E-state index in [0.717, 1.165) is 63.2 Å². The fourth-order valence-electron chi connectivity index (χ4n) is 4.13. The van der Waals surface area contributed by atoms with E-state index < -0.39 is 11.6 Å². The summed E-state index contributed by atoms with van der Waals surface area (Å²) in [7, 11) is 0. The topological polar surface area (TPSA) is 58.5 Å². The summed E-state index contributed by atoms with van der Waals surface area (Å²) < 4.78 is 48.9. The first kappa shape index (κ1) is 20.8. The van der Waals surface area contributed by atoms with Gasteiger partial charge in [-0.2, -0.15) is 4.98 Å². The predicted octanol–water partition coefficient (Wildman–Crippen LogP) is 3.26. The van der Waals surface area contributed by atoms with Gasteiger partial charge in [0.2, 0.25) is 5.95 Å². The highest BCUT2D eigenvalue weighted by Gasteiger charge is 2.34. The number of hydrogen-bond acceptors (Lipinski definition) is 6. The molecule has 7 nitrogen and oxygen atoms in total. The summed E-state index contributed by atoms with van der Waals surface area (Å²) in [6.45, 7) is 6.72. The van der Waals surface area contributed by atoms with E-state index in [0.29, 0.717) is 11.7 Å². The van der Waals surface area contributed by atoms with Crippen LogP contribution in [-0.2, 0) is 4.74 Å². The van der Waals surface area contributed by atoms with Gasteiger partial charge in [-0.1, -0.05) is 0 Å². The lowest BCUT2D eigenvalue weighted by Crippen LogP contribution is -2.61. The van der Waals surface area contributed by atoms with E-state index in [-0.39, 0.29) is 23.1 Å². The summed E-state index contributed by atoms with van der Waals surface area (Å²) in [5.41, 5.74) is 1.86. The number of benzene rings is 2. The number of rotatable bonds is 5. The SMILES string of the molecule is Cc1cc(Nc2ncn(-c3cc(F)cc(F)c3)n2)c(F)c(N2CC(N3CCOCC3)C2)c1. The van der Waals surface area contributed by atoms with Crippen LogP contribution in [-0.4, -0.2) is 65.1 Å². The molecule has 1 N–H and O–H groups in total. The Hall–Kier alpha value is -3.11. The highest BCUT2D eigenvalue weighted by molar-refractivity contribution is 5.66. The Balaban J connectivity index is 1.32. The molecule has 2 aromatic carbocycles. The fourth-order valence-corrected chi connectivity index (χ4v) is 4.13. The molecule has 32 heavy (non-hydrogen) atoms. The predicted molar refractivity (Wildman–Crippen MR) is 114 cm³/mol. The van der Waals surface area contributed by atoms with Gasteiger partial charge in [-0.3, -0.25) is 4.90 Å². The molecular formula is C22H23F3N6O. The average Bonchev–Trinajstić information content (AvgIpc) is 3.19. The summed E-state index contributed by atoms with van der Waals surface area (Å²) in [6, 6.07) is 6.98. The monoisotopic (exact) mass is 444 g/mol. The molecule has 0 aliphatic carbocycles. The number of morpholine rings is 1. The van der Waals surface area contributed by atoms with Crippen molar-refractivity contribution in [2.75, 3.05) is 49.6 Å². The number of nitrogens with zero attached hydrogens (tertiary/aromatic N) is 5. The molecule has 5 rings (SSSR count). The Kier molecular flexibility index (Phi) is 5.48. The Morgan fingerprint density at radius 3 is 2.44 bits per heavy atom. The lowest BCUT2D eigenvalue weighted by atomic mass is 10.0. The minimum atomic E-state index is -0.718. The Morgan fingerprint density at radius 1 is 1.00 bits per heavy atom. The standard InChI is InChI=1S/C22H23F3N6O/c1-14-6-19(27-22-26-13-31(28-22)17-9-15(23)8-16(24)10-17)21(25)20(7-14)30-11-18(12-30)29-2-4-32-5-3-29/h6-10,13,18H,2-5,11-12H2,1H3,(H,27,28). The summed E-state index contributed by atoms with van der Waals surface area (Å²) >= 11 is 0. The van der Waals surface area contributed by atoms with Crippen LogP contribution in [0.2, 0.25) is 0 Å². The summed E-state index contributed by atoms with van der Waals surface area (Å²) in [5, 5.41) is 7.06. The molecule has 0 saturated carbocycles. The molecule has 10 heteroatoms. The molecule has 2 aliphatic heterocycles. The average molecular weight is 444 g/mol. The summed E-state index contributed by atoms with van der Waals surface area (Å²) in [4.78, 5) is 8.51. The van der Waals surface area contributed by atoms with E-state index in [1.807, 2.05) is 17.9 Å². The second kappa shape index (κ2) is 8.44. The Morgan fingerprint density at radius 2 is 1.72 bits per heavy atom. The number of aromatic nitrogens is 3. The van der Waals surface area contributed by atoms with Crippen molar-refractivity contribution in [1.29, 1.82) is 0 Å². The maximum absolute atomic E-state index is 15.3. The van der Waals surface area contributed by atoms with Crippen molar-refractivity contribution >= 4 is 17.3 Å². The van der Waals surface area contributed by atoms with E-state index in [1.54, 1.807) is 6.07 Å². The Bertz CT molecular complexity index is 1100.